The summed E-state index contributed by atoms with van der Waals surface area (Å²) < 4.78 is 0. The van der Waals surface area contributed by atoms with E-state index < -0.39 is 0 Å². The molecule has 1 fully saturated rings. The minimum atomic E-state index is 0.296. The summed E-state index contributed by atoms with van der Waals surface area (Å²) in [5, 5.41) is 0. The molecule has 2 heterocycles. The molecule has 82 valence electrons. The van der Waals surface area contributed by atoms with Crippen molar-refractivity contribution >= 4 is 5.82 Å². The van der Waals surface area contributed by atoms with Gasteiger partial charge in [0.1, 0.15) is 12.1 Å². The van der Waals surface area contributed by atoms with E-state index in [-0.39, 0.29) is 0 Å². The highest BCUT2D eigenvalue weighted by Gasteiger charge is 2.22. The maximum atomic E-state index is 5.90. The van der Waals surface area contributed by atoms with E-state index in [1.807, 2.05) is 0 Å². The van der Waals surface area contributed by atoms with Crippen molar-refractivity contribution in [3.63, 3.8) is 0 Å². The van der Waals surface area contributed by atoms with Gasteiger partial charge in [-0.05, 0) is 19.8 Å². The van der Waals surface area contributed by atoms with Crippen LogP contribution in [0.1, 0.15) is 24.6 Å². The lowest BCUT2D eigenvalue weighted by Gasteiger charge is -2.19. The molecule has 0 spiro atoms. The van der Waals surface area contributed by atoms with Crippen LogP contribution < -0.4 is 10.6 Å². The molecule has 1 aliphatic rings. The first-order valence-electron chi connectivity index (χ1n) is 5.53. The van der Waals surface area contributed by atoms with Crippen LogP contribution in [0.4, 0.5) is 5.82 Å². The van der Waals surface area contributed by atoms with Gasteiger partial charge in [0.25, 0.3) is 0 Å². The molecular weight excluding hydrogens is 188 g/mol. The van der Waals surface area contributed by atoms with Gasteiger partial charge < -0.3 is 10.6 Å². The lowest BCUT2D eigenvalue weighted by Crippen LogP contribution is -2.27. The standard InChI is InChI=1S/C11H18N4/c1-3-10-8(2)11(14-7-13-10)15-5-4-9(12)6-15/h7,9H,3-6,12H2,1-2H3. The molecule has 2 N–H and O–H groups in total. The molecule has 4 heteroatoms. The lowest BCUT2D eigenvalue weighted by atomic mass is 10.2. The van der Waals surface area contributed by atoms with Crippen molar-refractivity contribution in [2.24, 2.45) is 5.73 Å². The molecule has 2 rings (SSSR count). The fraction of sp³-hybridized carbons (Fsp3) is 0.636. The van der Waals surface area contributed by atoms with Crippen molar-refractivity contribution in [3.8, 4) is 0 Å². The topological polar surface area (TPSA) is 55.0 Å². The average molecular weight is 206 g/mol. The zero-order chi connectivity index (χ0) is 10.8. The minimum Gasteiger partial charge on any atom is -0.355 e. The number of anilines is 1. The first-order chi connectivity index (χ1) is 7.22. The second-order valence-corrected chi connectivity index (χ2v) is 4.12. The normalized spacial score (nSPS) is 21.0. The second kappa shape index (κ2) is 4.14. The molecule has 0 amide bonds. The second-order valence-electron chi connectivity index (χ2n) is 4.12. The van der Waals surface area contributed by atoms with Gasteiger partial charge in [-0.1, -0.05) is 6.92 Å². The van der Waals surface area contributed by atoms with Crippen molar-refractivity contribution in [3.05, 3.63) is 17.6 Å². The van der Waals surface area contributed by atoms with E-state index in [1.165, 1.54) is 5.56 Å². The largest absolute Gasteiger partial charge is 0.355 e. The Morgan fingerprint density at radius 2 is 2.33 bits per heavy atom. The summed E-state index contributed by atoms with van der Waals surface area (Å²) >= 11 is 0. The molecule has 0 saturated carbocycles. The Labute approximate surface area is 90.5 Å². The Kier molecular flexibility index (Phi) is 2.86. The van der Waals surface area contributed by atoms with Crippen molar-refractivity contribution in [1.29, 1.82) is 0 Å². The van der Waals surface area contributed by atoms with Crippen LogP contribution in [0, 0.1) is 6.92 Å². The third-order valence-electron chi connectivity index (χ3n) is 3.02. The van der Waals surface area contributed by atoms with E-state index in [9.17, 15) is 0 Å². The molecule has 1 saturated heterocycles. The Morgan fingerprint density at radius 3 is 2.93 bits per heavy atom. The molecule has 1 aromatic heterocycles. The summed E-state index contributed by atoms with van der Waals surface area (Å²) in [6.07, 6.45) is 3.68. The van der Waals surface area contributed by atoms with Crippen LogP contribution in [-0.2, 0) is 6.42 Å². The van der Waals surface area contributed by atoms with Crippen molar-refractivity contribution in [2.75, 3.05) is 18.0 Å². The number of rotatable bonds is 2. The van der Waals surface area contributed by atoms with Crippen LogP contribution in [0.5, 0.6) is 0 Å². The minimum absolute atomic E-state index is 0.296. The highest BCUT2D eigenvalue weighted by atomic mass is 15.2. The number of nitrogens with zero attached hydrogens (tertiary/aromatic N) is 3. The van der Waals surface area contributed by atoms with Crippen molar-refractivity contribution in [1.82, 2.24) is 9.97 Å². The van der Waals surface area contributed by atoms with Crippen LogP contribution in [0.3, 0.4) is 0 Å². The number of hydrogen-bond donors (Lipinski definition) is 1. The Bertz CT molecular complexity index is 350. The van der Waals surface area contributed by atoms with Gasteiger partial charge >= 0.3 is 0 Å². The predicted molar refractivity (Wildman–Crippen MR) is 61.0 cm³/mol. The van der Waals surface area contributed by atoms with Crippen LogP contribution in [0.15, 0.2) is 6.33 Å². The molecule has 1 aromatic rings. The fourth-order valence-electron chi connectivity index (χ4n) is 2.13. The zero-order valence-corrected chi connectivity index (χ0v) is 9.40. The summed E-state index contributed by atoms with van der Waals surface area (Å²) in [5.74, 6) is 1.06. The van der Waals surface area contributed by atoms with Gasteiger partial charge in [-0.25, -0.2) is 9.97 Å². The maximum Gasteiger partial charge on any atom is 0.135 e. The van der Waals surface area contributed by atoms with Crippen LogP contribution in [0.25, 0.3) is 0 Å². The first-order valence-corrected chi connectivity index (χ1v) is 5.53. The molecule has 0 radical (unpaired) electrons. The summed E-state index contributed by atoms with van der Waals surface area (Å²) in [4.78, 5) is 10.9. The van der Waals surface area contributed by atoms with E-state index in [2.05, 4.69) is 28.7 Å². The summed E-state index contributed by atoms with van der Waals surface area (Å²) in [6, 6.07) is 0.296. The zero-order valence-electron chi connectivity index (χ0n) is 9.40. The lowest BCUT2D eigenvalue weighted by molar-refractivity contribution is 0.750. The van der Waals surface area contributed by atoms with Gasteiger partial charge in [0, 0.05) is 30.4 Å². The Morgan fingerprint density at radius 1 is 1.53 bits per heavy atom. The summed E-state index contributed by atoms with van der Waals surface area (Å²) in [7, 11) is 0. The van der Waals surface area contributed by atoms with Gasteiger partial charge in [-0.15, -0.1) is 0 Å². The summed E-state index contributed by atoms with van der Waals surface area (Å²) in [5.41, 5.74) is 8.24. The molecule has 0 aromatic carbocycles. The number of hydrogen-bond acceptors (Lipinski definition) is 4. The smallest absolute Gasteiger partial charge is 0.135 e. The van der Waals surface area contributed by atoms with Gasteiger partial charge in [-0.2, -0.15) is 0 Å². The van der Waals surface area contributed by atoms with Crippen LogP contribution >= 0.6 is 0 Å². The van der Waals surface area contributed by atoms with Crippen LogP contribution in [-0.4, -0.2) is 29.1 Å². The predicted octanol–water partition coefficient (Wildman–Crippen LogP) is 0.885. The van der Waals surface area contributed by atoms with Gasteiger partial charge in [0.2, 0.25) is 0 Å². The van der Waals surface area contributed by atoms with Gasteiger partial charge in [-0.3, -0.25) is 0 Å². The highest BCUT2D eigenvalue weighted by molar-refractivity contribution is 5.48. The summed E-state index contributed by atoms with van der Waals surface area (Å²) in [6.45, 7) is 6.15. The Balaban J connectivity index is 2.28. The highest BCUT2D eigenvalue weighted by Crippen LogP contribution is 2.22. The third kappa shape index (κ3) is 1.95. The molecule has 4 nitrogen and oxygen atoms in total. The van der Waals surface area contributed by atoms with E-state index in [1.54, 1.807) is 6.33 Å². The van der Waals surface area contributed by atoms with E-state index in [0.29, 0.717) is 6.04 Å². The SMILES string of the molecule is CCc1ncnc(N2CCC(N)C2)c1C. The maximum absolute atomic E-state index is 5.90. The van der Waals surface area contributed by atoms with Gasteiger partial charge in [0.15, 0.2) is 0 Å². The third-order valence-corrected chi connectivity index (χ3v) is 3.02. The fourth-order valence-corrected chi connectivity index (χ4v) is 2.13. The van der Waals surface area contributed by atoms with Crippen LogP contribution in [0.2, 0.25) is 0 Å². The van der Waals surface area contributed by atoms with Crippen molar-refractivity contribution in [2.45, 2.75) is 32.7 Å². The van der Waals surface area contributed by atoms with E-state index in [4.69, 9.17) is 5.73 Å². The molecule has 1 aliphatic heterocycles. The molecule has 15 heavy (non-hydrogen) atoms. The van der Waals surface area contributed by atoms with Gasteiger partial charge in [0.05, 0.1) is 0 Å². The molecule has 1 unspecified atom stereocenters. The number of aromatic nitrogens is 2. The van der Waals surface area contributed by atoms with E-state index >= 15 is 0 Å². The Hall–Kier alpha value is -1.16. The molecule has 1 atom stereocenters. The van der Waals surface area contributed by atoms with E-state index in [0.717, 1.165) is 37.4 Å². The average Bonchev–Trinajstić information content (AvgIpc) is 2.65. The number of aryl methyl sites for hydroxylation is 1. The quantitative estimate of drug-likeness (QED) is 0.780. The van der Waals surface area contributed by atoms with Crippen molar-refractivity contribution < 1.29 is 0 Å². The molecule has 0 aliphatic carbocycles. The molecule has 0 bridgehead atoms. The monoisotopic (exact) mass is 206 g/mol. The molecular formula is C11H18N4. The number of nitrogens with two attached hydrogens (primary N) is 1. The first kappa shape index (κ1) is 10.4.